The molecule has 1 aromatic rings. The molecule has 6 nitrogen and oxygen atoms in total. The van der Waals surface area contributed by atoms with Crippen molar-refractivity contribution in [3.05, 3.63) is 58.4 Å². The SMILES string of the molecule is C=C1C[C@H]2O[C@@H]2/C(C)=C\C=C\C(=O)Cc2c(Cl)c(O)cc(O)c2C(=O)O1. The van der Waals surface area contributed by atoms with E-state index in [1.807, 2.05) is 6.92 Å². The van der Waals surface area contributed by atoms with Crippen molar-refractivity contribution in [2.45, 2.75) is 32.0 Å². The molecule has 26 heavy (non-hydrogen) atoms. The molecule has 2 N–H and O–H groups in total. The highest BCUT2D eigenvalue weighted by molar-refractivity contribution is 6.33. The van der Waals surface area contributed by atoms with Gasteiger partial charge in [-0.1, -0.05) is 30.3 Å². The van der Waals surface area contributed by atoms with Gasteiger partial charge in [0.05, 0.1) is 11.1 Å². The van der Waals surface area contributed by atoms with Crippen molar-refractivity contribution in [2.75, 3.05) is 0 Å². The van der Waals surface area contributed by atoms with E-state index in [2.05, 4.69) is 6.58 Å². The molecule has 2 atom stereocenters. The van der Waals surface area contributed by atoms with Crippen LogP contribution in [0.3, 0.4) is 0 Å². The number of carbonyl (C=O) groups is 2. The van der Waals surface area contributed by atoms with Gasteiger partial charge in [-0.3, -0.25) is 4.79 Å². The molecule has 7 heteroatoms. The third-order valence-electron chi connectivity index (χ3n) is 4.21. The Morgan fingerprint density at radius 2 is 2.00 bits per heavy atom. The van der Waals surface area contributed by atoms with Crippen molar-refractivity contribution < 1.29 is 29.3 Å². The number of allylic oxidation sites excluding steroid dienone is 3. The number of ether oxygens (including phenoxy) is 2. The lowest BCUT2D eigenvalue weighted by molar-refractivity contribution is -0.114. The van der Waals surface area contributed by atoms with E-state index < -0.39 is 17.5 Å². The van der Waals surface area contributed by atoms with Crippen molar-refractivity contribution >= 4 is 23.4 Å². The average Bonchev–Trinajstić information content (AvgIpc) is 3.30. The molecule has 0 spiro atoms. The van der Waals surface area contributed by atoms with Gasteiger partial charge >= 0.3 is 5.97 Å². The summed E-state index contributed by atoms with van der Waals surface area (Å²) in [5.74, 6) is -2.05. The predicted molar refractivity (Wildman–Crippen MR) is 94.2 cm³/mol. The van der Waals surface area contributed by atoms with Crippen LogP contribution in [0.5, 0.6) is 11.5 Å². The largest absolute Gasteiger partial charge is 0.507 e. The molecular formula is C19H17ClO6. The molecule has 0 aromatic heterocycles. The van der Waals surface area contributed by atoms with Gasteiger partial charge in [-0.05, 0) is 18.6 Å². The number of fused-ring (bicyclic) bond motifs is 2. The molecule has 0 radical (unpaired) electrons. The number of phenolic OH excluding ortho intramolecular Hbond substituents is 2. The summed E-state index contributed by atoms with van der Waals surface area (Å²) < 4.78 is 10.7. The van der Waals surface area contributed by atoms with E-state index in [1.54, 1.807) is 12.2 Å². The summed E-state index contributed by atoms with van der Waals surface area (Å²) in [6.07, 6.45) is 4.45. The molecular weight excluding hydrogens is 360 g/mol. The fourth-order valence-corrected chi connectivity index (χ4v) is 3.08. The quantitative estimate of drug-likeness (QED) is 0.533. The molecule has 1 aromatic carbocycles. The predicted octanol–water partition coefficient (Wildman–Crippen LogP) is 3.21. The van der Waals surface area contributed by atoms with Crippen LogP contribution in [-0.2, 0) is 20.7 Å². The summed E-state index contributed by atoms with van der Waals surface area (Å²) in [5, 5.41) is 19.7. The van der Waals surface area contributed by atoms with E-state index in [0.29, 0.717) is 6.42 Å². The van der Waals surface area contributed by atoms with Crippen LogP contribution in [0.2, 0.25) is 5.02 Å². The number of phenols is 2. The number of epoxide rings is 1. The Labute approximate surface area is 155 Å². The summed E-state index contributed by atoms with van der Waals surface area (Å²) in [5.41, 5.74) is 0.659. The monoisotopic (exact) mass is 376 g/mol. The molecule has 2 heterocycles. The van der Waals surface area contributed by atoms with E-state index in [1.165, 1.54) is 6.08 Å². The Morgan fingerprint density at radius 1 is 1.27 bits per heavy atom. The topological polar surface area (TPSA) is 96.4 Å². The minimum Gasteiger partial charge on any atom is -0.507 e. The third-order valence-corrected chi connectivity index (χ3v) is 4.64. The summed E-state index contributed by atoms with van der Waals surface area (Å²) in [7, 11) is 0. The molecule has 136 valence electrons. The van der Waals surface area contributed by atoms with E-state index in [4.69, 9.17) is 21.1 Å². The van der Waals surface area contributed by atoms with E-state index in [-0.39, 0.29) is 46.3 Å². The van der Waals surface area contributed by atoms with E-state index in [9.17, 15) is 19.8 Å². The molecule has 1 saturated heterocycles. The highest BCUT2D eigenvalue weighted by atomic mass is 35.5. The number of ketones is 1. The number of rotatable bonds is 0. The normalized spacial score (nSPS) is 26.7. The fourth-order valence-electron chi connectivity index (χ4n) is 2.86. The van der Waals surface area contributed by atoms with Crippen LogP contribution in [0, 0.1) is 0 Å². The summed E-state index contributed by atoms with van der Waals surface area (Å²) in [6.45, 7) is 5.58. The van der Waals surface area contributed by atoms with Crippen LogP contribution < -0.4 is 0 Å². The van der Waals surface area contributed by atoms with Crippen LogP contribution in [0.1, 0.15) is 29.3 Å². The molecule has 3 rings (SSSR count). The molecule has 0 unspecified atom stereocenters. The molecule has 0 aliphatic carbocycles. The summed E-state index contributed by atoms with van der Waals surface area (Å²) in [4.78, 5) is 24.7. The van der Waals surface area contributed by atoms with Gasteiger partial charge in [0, 0.05) is 24.5 Å². The van der Waals surface area contributed by atoms with Gasteiger partial charge in [0.25, 0.3) is 0 Å². The zero-order valence-corrected chi connectivity index (χ0v) is 14.7. The van der Waals surface area contributed by atoms with Gasteiger partial charge in [0.1, 0.15) is 28.9 Å². The molecule has 2 aliphatic heterocycles. The maximum absolute atomic E-state index is 12.5. The lowest BCUT2D eigenvalue weighted by Gasteiger charge is -2.14. The van der Waals surface area contributed by atoms with Crippen molar-refractivity contribution in [1.82, 2.24) is 0 Å². The second-order valence-electron chi connectivity index (χ2n) is 6.22. The third kappa shape index (κ3) is 3.66. The van der Waals surface area contributed by atoms with Crippen LogP contribution in [-0.4, -0.2) is 34.2 Å². The number of benzene rings is 1. The van der Waals surface area contributed by atoms with Gasteiger partial charge in [-0.15, -0.1) is 0 Å². The number of hydrogen-bond acceptors (Lipinski definition) is 6. The summed E-state index contributed by atoms with van der Waals surface area (Å²) >= 11 is 6.05. The fraction of sp³-hybridized carbons (Fsp3) is 0.263. The second-order valence-corrected chi connectivity index (χ2v) is 6.60. The average molecular weight is 377 g/mol. The van der Waals surface area contributed by atoms with Gasteiger partial charge in [0.15, 0.2) is 5.78 Å². The minimum atomic E-state index is -0.900. The number of hydrogen-bond donors (Lipinski definition) is 2. The molecule has 1 fully saturated rings. The first-order chi connectivity index (χ1) is 12.3. The Bertz CT molecular complexity index is 867. The van der Waals surface area contributed by atoms with Crippen molar-refractivity contribution in [3.63, 3.8) is 0 Å². The molecule has 0 bridgehead atoms. The number of cyclic esters (lactones) is 1. The lowest BCUT2D eigenvalue weighted by atomic mass is 9.99. The van der Waals surface area contributed by atoms with Crippen LogP contribution >= 0.6 is 11.6 Å². The first kappa shape index (κ1) is 18.2. The maximum atomic E-state index is 12.5. The maximum Gasteiger partial charge on any atom is 0.347 e. The van der Waals surface area contributed by atoms with Crippen molar-refractivity contribution in [3.8, 4) is 11.5 Å². The molecule has 0 saturated carbocycles. The molecule has 0 amide bonds. The summed E-state index contributed by atoms with van der Waals surface area (Å²) in [6, 6.07) is 0.931. The van der Waals surface area contributed by atoms with Crippen molar-refractivity contribution in [1.29, 1.82) is 0 Å². The molecule has 2 aliphatic rings. The van der Waals surface area contributed by atoms with Gasteiger partial charge < -0.3 is 19.7 Å². The highest BCUT2D eigenvalue weighted by Gasteiger charge is 2.40. The second kappa shape index (κ2) is 6.97. The Morgan fingerprint density at radius 3 is 2.73 bits per heavy atom. The van der Waals surface area contributed by atoms with Crippen molar-refractivity contribution in [2.24, 2.45) is 0 Å². The van der Waals surface area contributed by atoms with Crippen LogP contribution in [0.4, 0.5) is 0 Å². The zero-order chi connectivity index (χ0) is 19.0. The van der Waals surface area contributed by atoms with Crippen LogP contribution in [0.25, 0.3) is 0 Å². The number of esters is 1. The number of carbonyl (C=O) groups excluding carboxylic acids is 2. The Balaban J connectivity index is 2.04. The van der Waals surface area contributed by atoms with Crippen LogP contribution in [0.15, 0.2) is 42.2 Å². The first-order valence-corrected chi connectivity index (χ1v) is 8.32. The van der Waals surface area contributed by atoms with Gasteiger partial charge in [0.2, 0.25) is 0 Å². The van der Waals surface area contributed by atoms with E-state index in [0.717, 1.165) is 11.6 Å². The lowest BCUT2D eigenvalue weighted by Crippen LogP contribution is -2.13. The number of halogens is 1. The van der Waals surface area contributed by atoms with Gasteiger partial charge in [-0.25, -0.2) is 4.79 Å². The Hall–Kier alpha value is -2.57. The standard InChI is InChI=1S/C19H17ClO6/c1-9-4-3-5-11(21)7-12-16(13(22)8-14(23)17(12)20)19(24)25-10(2)6-15-18(9)26-15/h3-5,8,15,18,22-23H,2,6-7H2,1H3/b5-3+,9-4-/t15-,18-/m1/s1. The van der Waals surface area contributed by atoms with E-state index >= 15 is 0 Å². The number of aromatic hydroxyl groups is 2. The zero-order valence-electron chi connectivity index (χ0n) is 14.0. The smallest absolute Gasteiger partial charge is 0.347 e. The first-order valence-electron chi connectivity index (χ1n) is 7.94. The minimum absolute atomic E-state index is 0.00470. The Kier molecular flexibility index (Phi) is 4.89. The highest BCUT2D eigenvalue weighted by Crippen LogP contribution is 2.38. The van der Waals surface area contributed by atoms with Gasteiger partial charge in [-0.2, -0.15) is 0 Å².